The molecule has 0 bridgehead atoms. The third-order valence-corrected chi connectivity index (χ3v) is 3.94. The molecule has 1 aromatic heterocycles. The van der Waals surface area contributed by atoms with Crippen LogP contribution in [-0.2, 0) is 5.54 Å². The topological polar surface area (TPSA) is 26.0 Å². The highest BCUT2D eigenvalue weighted by molar-refractivity contribution is 7.10. The second kappa shape index (κ2) is 4.81. The first-order valence-electron chi connectivity index (χ1n) is 5.66. The standard InChI is InChI=1S/C14H17NS/c1-2-10-14(15,13-9-6-11-16-13)12-7-4-3-5-8-12/h3-9,11H,2,10,15H2,1H3. The average molecular weight is 231 g/mol. The monoisotopic (exact) mass is 231 g/mol. The molecule has 1 aromatic carbocycles. The van der Waals surface area contributed by atoms with Crippen molar-refractivity contribution in [2.45, 2.75) is 25.3 Å². The molecule has 0 fully saturated rings. The molecule has 0 radical (unpaired) electrons. The highest BCUT2D eigenvalue weighted by Crippen LogP contribution is 2.34. The van der Waals surface area contributed by atoms with Crippen LogP contribution in [0.3, 0.4) is 0 Å². The van der Waals surface area contributed by atoms with Crippen molar-refractivity contribution in [3.8, 4) is 0 Å². The SMILES string of the molecule is CCCC(N)(c1ccccc1)c1cccs1. The Labute approximate surface area is 101 Å². The van der Waals surface area contributed by atoms with E-state index < -0.39 is 0 Å². The minimum atomic E-state index is -0.315. The molecule has 0 aliphatic heterocycles. The first kappa shape index (κ1) is 11.4. The maximum absolute atomic E-state index is 6.61. The molecule has 2 aromatic rings. The van der Waals surface area contributed by atoms with Crippen molar-refractivity contribution < 1.29 is 0 Å². The lowest BCUT2D eigenvalue weighted by molar-refractivity contribution is 0.494. The summed E-state index contributed by atoms with van der Waals surface area (Å²) in [6.07, 6.45) is 2.07. The average Bonchev–Trinajstić information content (AvgIpc) is 2.84. The highest BCUT2D eigenvalue weighted by Gasteiger charge is 2.29. The maximum atomic E-state index is 6.61. The summed E-state index contributed by atoms with van der Waals surface area (Å²) in [7, 11) is 0. The van der Waals surface area contributed by atoms with Crippen LogP contribution in [0.15, 0.2) is 47.8 Å². The van der Waals surface area contributed by atoms with Crippen LogP contribution in [0.25, 0.3) is 0 Å². The van der Waals surface area contributed by atoms with Gasteiger partial charge in [-0.3, -0.25) is 0 Å². The zero-order valence-corrected chi connectivity index (χ0v) is 10.3. The van der Waals surface area contributed by atoms with Crippen molar-refractivity contribution in [1.82, 2.24) is 0 Å². The number of benzene rings is 1. The normalized spacial score (nSPS) is 14.6. The summed E-state index contributed by atoms with van der Waals surface area (Å²) >= 11 is 1.74. The Balaban J connectivity index is 2.44. The molecule has 1 heterocycles. The molecule has 0 spiro atoms. The summed E-state index contributed by atoms with van der Waals surface area (Å²) in [6.45, 7) is 2.18. The Hall–Kier alpha value is -1.12. The van der Waals surface area contributed by atoms with Crippen LogP contribution in [0, 0.1) is 0 Å². The molecule has 2 rings (SSSR count). The maximum Gasteiger partial charge on any atom is 0.0759 e. The second-order valence-electron chi connectivity index (χ2n) is 4.06. The van der Waals surface area contributed by atoms with Gasteiger partial charge in [-0.15, -0.1) is 11.3 Å². The Kier molecular flexibility index (Phi) is 3.42. The summed E-state index contributed by atoms with van der Waals surface area (Å²) in [5.74, 6) is 0. The minimum Gasteiger partial charge on any atom is -0.317 e. The fraction of sp³-hybridized carbons (Fsp3) is 0.286. The number of hydrogen-bond acceptors (Lipinski definition) is 2. The fourth-order valence-electron chi connectivity index (χ4n) is 2.07. The summed E-state index contributed by atoms with van der Waals surface area (Å²) in [4.78, 5) is 1.25. The van der Waals surface area contributed by atoms with Crippen LogP contribution < -0.4 is 5.73 Å². The Bertz CT molecular complexity index is 421. The van der Waals surface area contributed by atoms with Crippen LogP contribution in [-0.4, -0.2) is 0 Å². The Morgan fingerprint density at radius 1 is 1.12 bits per heavy atom. The van der Waals surface area contributed by atoms with Crippen molar-refractivity contribution in [3.05, 3.63) is 58.3 Å². The van der Waals surface area contributed by atoms with Crippen molar-refractivity contribution in [2.24, 2.45) is 5.73 Å². The van der Waals surface area contributed by atoms with Gasteiger partial charge in [0.25, 0.3) is 0 Å². The van der Waals surface area contributed by atoms with Crippen molar-refractivity contribution in [1.29, 1.82) is 0 Å². The smallest absolute Gasteiger partial charge is 0.0759 e. The molecule has 1 atom stereocenters. The molecule has 84 valence electrons. The van der Waals surface area contributed by atoms with Crippen LogP contribution in [0.2, 0.25) is 0 Å². The molecule has 0 saturated heterocycles. The van der Waals surface area contributed by atoms with Gasteiger partial charge in [0.05, 0.1) is 5.54 Å². The van der Waals surface area contributed by atoms with Gasteiger partial charge in [0, 0.05) is 4.88 Å². The molecular formula is C14H17NS. The summed E-state index contributed by atoms with van der Waals surface area (Å²) in [6, 6.07) is 14.6. The largest absolute Gasteiger partial charge is 0.317 e. The van der Waals surface area contributed by atoms with Crippen LogP contribution in [0.5, 0.6) is 0 Å². The van der Waals surface area contributed by atoms with Crippen LogP contribution >= 0.6 is 11.3 Å². The summed E-state index contributed by atoms with van der Waals surface area (Å²) < 4.78 is 0. The zero-order valence-electron chi connectivity index (χ0n) is 9.52. The third kappa shape index (κ3) is 2.04. The second-order valence-corrected chi connectivity index (χ2v) is 5.01. The molecule has 2 heteroatoms. The molecule has 2 N–H and O–H groups in total. The van der Waals surface area contributed by atoms with Crippen LogP contribution in [0.1, 0.15) is 30.2 Å². The van der Waals surface area contributed by atoms with E-state index in [1.54, 1.807) is 11.3 Å². The lowest BCUT2D eigenvalue weighted by atomic mass is 9.85. The van der Waals surface area contributed by atoms with E-state index in [-0.39, 0.29) is 5.54 Å². The van der Waals surface area contributed by atoms with E-state index in [0.29, 0.717) is 0 Å². The number of hydrogen-bond donors (Lipinski definition) is 1. The van der Waals surface area contributed by atoms with Gasteiger partial charge in [-0.05, 0) is 23.4 Å². The molecule has 0 aliphatic carbocycles. The van der Waals surface area contributed by atoms with Gasteiger partial charge in [0.15, 0.2) is 0 Å². The molecule has 16 heavy (non-hydrogen) atoms. The third-order valence-electron chi connectivity index (χ3n) is 2.89. The lowest BCUT2D eigenvalue weighted by Gasteiger charge is -2.28. The molecule has 1 nitrogen and oxygen atoms in total. The molecule has 0 aliphatic rings. The van der Waals surface area contributed by atoms with Gasteiger partial charge in [0.2, 0.25) is 0 Å². The molecule has 0 amide bonds. The van der Waals surface area contributed by atoms with Crippen molar-refractivity contribution in [3.63, 3.8) is 0 Å². The quantitative estimate of drug-likeness (QED) is 0.852. The van der Waals surface area contributed by atoms with Gasteiger partial charge in [-0.1, -0.05) is 49.7 Å². The van der Waals surface area contributed by atoms with Crippen molar-refractivity contribution in [2.75, 3.05) is 0 Å². The number of rotatable bonds is 4. The van der Waals surface area contributed by atoms with Gasteiger partial charge in [0.1, 0.15) is 0 Å². The van der Waals surface area contributed by atoms with E-state index in [4.69, 9.17) is 5.73 Å². The molecule has 0 saturated carbocycles. The number of nitrogens with two attached hydrogens (primary N) is 1. The van der Waals surface area contributed by atoms with E-state index in [1.165, 1.54) is 10.4 Å². The van der Waals surface area contributed by atoms with E-state index in [2.05, 4.69) is 48.7 Å². The fourth-order valence-corrected chi connectivity index (χ4v) is 2.96. The van der Waals surface area contributed by atoms with Crippen LogP contribution in [0.4, 0.5) is 0 Å². The van der Waals surface area contributed by atoms with E-state index >= 15 is 0 Å². The van der Waals surface area contributed by atoms with Gasteiger partial charge in [-0.2, -0.15) is 0 Å². The molecule has 1 unspecified atom stereocenters. The van der Waals surface area contributed by atoms with Gasteiger partial charge >= 0.3 is 0 Å². The minimum absolute atomic E-state index is 0.315. The predicted molar refractivity (Wildman–Crippen MR) is 70.6 cm³/mol. The first-order valence-corrected chi connectivity index (χ1v) is 6.53. The van der Waals surface area contributed by atoms with Gasteiger partial charge < -0.3 is 5.73 Å². The summed E-state index contributed by atoms with van der Waals surface area (Å²) in [5.41, 5.74) is 7.50. The summed E-state index contributed by atoms with van der Waals surface area (Å²) in [5, 5.41) is 2.09. The Morgan fingerprint density at radius 2 is 1.88 bits per heavy atom. The highest BCUT2D eigenvalue weighted by atomic mass is 32.1. The number of thiophene rings is 1. The lowest BCUT2D eigenvalue weighted by Crippen LogP contribution is -2.36. The van der Waals surface area contributed by atoms with Crippen molar-refractivity contribution >= 4 is 11.3 Å². The molecular weight excluding hydrogens is 214 g/mol. The van der Waals surface area contributed by atoms with E-state index in [9.17, 15) is 0 Å². The van der Waals surface area contributed by atoms with Gasteiger partial charge in [-0.25, -0.2) is 0 Å². The Morgan fingerprint density at radius 3 is 2.44 bits per heavy atom. The van der Waals surface area contributed by atoms with E-state index in [0.717, 1.165) is 12.8 Å². The first-order chi connectivity index (χ1) is 7.77. The van der Waals surface area contributed by atoms with E-state index in [1.807, 2.05) is 6.07 Å². The predicted octanol–water partition coefficient (Wildman–Crippen LogP) is 3.75. The zero-order chi connectivity index (χ0) is 11.4.